The number of ether oxygens (including phenoxy) is 1. The molecule has 3 nitrogen and oxygen atoms in total. The minimum atomic E-state index is -0.120. The standard InChI is InChI=1S/C11H11BrClNO2/c12-10-2-1-7(13)5-9(10)11(15)14-8-3-4-16-6-8/h1-2,5,8H,3-4,6H2,(H,14,15). The van der Waals surface area contributed by atoms with Crippen molar-refractivity contribution in [1.82, 2.24) is 5.32 Å². The van der Waals surface area contributed by atoms with Gasteiger partial charge in [0.05, 0.1) is 18.2 Å². The van der Waals surface area contributed by atoms with Crippen LogP contribution >= 0.6 is 27.5 Å². The number of halogens is 2. The molecule has 0 saturated carbocycles. The van der Waals surface area contributed by atoms with Crippen LogP contribution in [-0.4, -0.2) is 25.2 Å². The molecule has 0 aromatic heterocycles. The maximum atomic E-state index is 11.9. The summed E-state index contributed by atoms with van der Waals surface area (Å²) in [5.41, 5.74) is 0.555. The van der Waals surface area contributed by atoms with Gasteiger partial charge in [0, 0.05) is 16.1 Å². The molecule has 0 spiro atoms. The maximum absolute atomic E-state index is 11.9. The predicted molar refractivity (Wildman–Crippen MR) is 65.8 cm³/mol. The summed E-state index contributed by atoms with van der Waals surface area (Å²) in [5, 5.41) is 3.46. The van der Waals surface area contributed by atoms with Crippen molar-refractivity contribution in [2.24, 2.45) is 0 Å². The van der Waals surface area contributed by atoms with Crippen LogP contribution in [0.25, 0.3) is 0 Å². The normalized spacial score (nSPS) is 19.8. The molecule has 1 aromatic rings. The van der Waals surface area contributed by atoms with Crippen molar-refractivity contribution in [3.63, 3.8) is 0 Å². The lowest BCUT2D eigenvalue weighted by Crippen LogP contribution is -2.35. The van der Waals surface area contributed by atoms with Crippen LogP contribution in [0.1, 0.15) is 16.8 Å². The van der Waals surface area contributed by atoms with E-state index in [1.807, 2.05) is 0 Å². The first-order chi connectivity index (χ1) is 7.66. The predicted octanol–water partition coefficient (Wildman–Crippen LogP) is 2.62. The number of benzene rings is 1. The second-order valence-corrected chi connectivity index (χ2v) is 4.95. The number of hydrogen-bond donors (Lipinski definition) is 1. The highest BCUT2D eigenvalue weighted by atomic mass is 79.9. The van der Waals surface area contributed by atoms with Crippen molar-refractivity contribution >= 4 is 33.4 Å². The Labute approximate surface area is 107 Å². The molecule has 0 radical (unpaired) electrons. The zero-order chi connectivity index (χ0) is 11.5. The number of rotatable bonds is 2. The van der Waals surface area contributed by atoms with Crippen LogP contribution < -0.4 is 5.32 Å². The molecule has 16 heavy (non-hydrogen) atoms. The molecular weight excluding hydrogens is 293 g/mol. The molecule has 1 unspecified atom stereocenters. The topological polar surface area (TPSA) is 38.3 Å². The molecule has 5 heteroatoms. The summed E-state index contributed by atoms with van der Waals surface area (Å²) in [6, 6.07) is 5.26. The lowest BCUT2D eigenvalue weighted by molar-refractivity contribution is 0.0929. The van der Waals surface area contributed by atoms with E-state index < -0.39 is 0 Å². The van der Waals surface area contributed by atoms with E-state index in [1.165, 1.54) is 0 Å². The second-order valence-electron chi connectivity index (χ2n) is 3.66. The first kappa shape index (κ1) is 11.9. The molecular formula is C11H11BrClNO2. The Bertz CT molecular complexity index is 405. The van der Waals surface area contributed by atoms with Gasteiger partial charge in [0.2, 0.25) is 0 Å². The van der Waals surface area contributed by atoms with Crippen molar-refractivity contribution < 1.29 is 9.53 Å². The lowest BCUT2D eigenvalue weighted by Gasteiger charge is -2.11. The van der Waals surface area contributed by atoms with Gasteiger partial charge in [-0.2, -0.15) is 0 Å². The largest absolute Gasteiger partial charge is 0.379 e. The van der Waals surface area contributed by atoms with Crippen molar-refractivity contribution in [2.75, 3.05) is 13.2 Å². The van der Waals surface area contributed by atoms with E-state index in [0.29, 0.717) is 23.8 Å². The summed E-state index contributed by atoms with van der Waals surface area (Å²) < 4.78 is 5.94. The highest BCUT2D eigenvalue weighted by Crippen LogP contribution is 2.21. The van der Waals surface area contributed by atoms with Gasteiger partial charge in [-0.15, -0.1) is 0 Å². The van der Waals surface area contributed by atoms with Crippen LogP contribution in [0, 0.1) is 0 Å². The molecule has 1 N–H and O–H groups in total. The van der Waals surface area contributed by atoms with Gasteiger partial charge in [-0.1, -0.05) is 11.6 Å². The fourth-order valence-electron chi connectivity index (χ4n) is 1.58. The van der Waals surface area contributed by atoms with Crippen molar-refractivity contribution in [3.05, 3.63) is 33.3 Å². The molecule has 1 saturated heterocycles. The SMILES string of the molecule is O=C(NC1CCOC1)c1cc(Cl)ccc1Br. The van der Waals surface area contributed by atoms with E-state index in [1.54, 1.807) is 18.2 Å². The number of hydrogen-bond acceptors (Lipinski definition) is 2. The summed E-state index contributed by atoms with van der Waals surface area (Å²) in [5.74, 6) is -0.120. The molecule has 2 rings (SSSR count). The van der Waals surface area contributed by atoms with Gasteiger partial charge in [-0.05, 0) is 40.5 Å². The van der Waals surface area contributed by atoms with Crippen molar-refractivity contribution in [2.45, 2.75) is 12.5 Å². The van der Waals surface area contributed by atoms with Gasteiger partial charge in [0.1, 0.15) is 0 Å². The third-order valence-electron chi connectivity index (χ3n) is 2.44. The first-order valence-electron chi connectivity index (χ1n) is 5.00. The Hall–Kier alpha value is -0.580. The van der Waals surface area contributed by atoms with Crippen molar-refractivity contribution in [1.29, 1.82) is 0 Å². The van der Waals surface area contributed by atoms with Crippen LogP contribution in [0.5, 0.6) is 0 Å². The van der Waals surface area contributed by atoms with Crippen LogP contribution in [0.15, 0.2) is 22.7 Å². The molecule has 1 atom stereocenters. The number of amides is 1. The smallest absolute Gasteiger partial charge is 0.252 e. The van der Waals surface area contributed by atoms with E-state index in [2.05, 4.69) is 21.2 Å². The zero-order valence-corrected chi connectivity index (χ0v) is 10.8. The summed E-state index contributed by atoms with van der Waals surface area (Å²) in [7, 11) is 0. The lowest BCUT2D eigenvalue weighted by atomic mass is 10.2. The van der Waals surface area contributed by atoms with Gasteiger partial charge in [-0.3, -0.25) is 4.79 Å². The van der Waals surface area contributed by atoms with E-state index in [-0.39, 0.29) is 11.9 Å². The Balaban J connectivity index is 2.10. The fourth-order valence-corrected chi connectivity index (χ4v) is 2.18. The minimum Gasteiger partial charge on any atom is -0.379 e. The molecule has 0 bridgehead atoms. The molecule has 1 aromatic carbocycles. The minimum absolute atomic E-state index is 0.110. The van der Waals surface area contributed by atoms with E-state index in [9.17, 15) is 4.79 Å². The van der Waals surface area contributed by atoms with E-state index in [4.69, 9.17) is 16.3 Å². The molecule has 1 aliphatic heterocycles. The Morgan fingerprint density at radius 1 is 1.56 bits per heavy atom. The monoisotopic (exact) mass is 303 g/mol. The number of carbonyl (C=O) groups excluding carboxylic acids is 1. The number of nitrogens with one attached hydrogen (secondary N) is 1. The Morgan fingerprint density at radius 3 is 3.06 bits per heavy atom. The van der Waals surface area contributed by atoms with Gasteiger partial charge in [-0.25, -0.2) is 0 Å². The first-order valence-corrected chi connectivity index (χ1v) is 6.17. The van der Waals surface area contributed by atoms with Gasteiger partial charge in [0.15, 0.2) is 0 Å². The van der Waals surface area contributed by atoms with Crippen LogP contribution in [0.4, 0.5) is 0 Å². The molecule has 1 heterocycles. The maximum Gasteiger partial charge on any atom is 0.252 e. The van der Waals surface area contributed by atoms with Gasteiger partial charge >= 0.3 is 0 Å². The fraction of sp³-hybridized carbons (Fsp3) is 0.364. The molecule has 1 amide bonds. The third kappa shape index (κ3) is 2.75. The quantitative estimate of drug-likeness (QED) is 0.912. The summed E-state index contributed by atoms with van der Waals surface area (Å²) >= 11 is 9.18. The van der Waals surface area contributed by atoms with Gasteiger partial charge in [0.25, 0.3) is 5.91 Å². The zero-order valence-electron chi connectivity index (χ0n) is 8.50. The second kappa shape index (κ2) is 5.17. The molecule has 86 valence electrons. The Morgan fingerprint density at radius 2 is 2.38 bits per heavy atom. The summed E-state index contributed by atoms with van der Waals surface area (Å²) in [6.45, 7) is 1.30. The highest BCUT2D eigenvalue weighted by Gasteiger charge is 2.19. The molecule has 1 aliphatic rings. The summed E-state index contributed by atoms with van der Waals surface area (Å²) in [6.07, 6.45) is 0.865. The van der Waals surface area contributed by atoms with E-state index >= 15 is 0 Å². The van der Waals surface area contributed by atoms with Crippen LogP contribution in [-0.2, 0) is 4.74 Å². The average molecular weight is 305 g/mol. The average Bonchev–Trinajstić information content (AvgIpc) is 2.74. The van der Waals surface area contributed by atoms with Crippen molar-refractivity contribution in [3.8, 4) is 0 Å². The number of carbonyl (C=O) groups is 1. The molecule has 1 fully saturated rings. The van der Waals surface area contributed by atoms with Crippen LogP contribution in [0.2, 0.25) is 5.02 Å². The molecule has 0 aliphatic carbocycles. The van der Waals surface area contributed by atoms with Crippen LogP contribution in [0.3, 0.4) is 0 Å². The highest BCUT2D eigenvalue weighted by molar-refractivity contribution is 9.10. The Kier molecular flexibility index (Phi) is 3.84. The van der Waals surface area contributed by atoms with E-state index in [0.717, 1.165) is 10.9 Å². The van der Waals surface area contributed by atoms with Gasteiger partial charge < -0.3 is 10.1 Å². The third-order valence-corrected chi connectivity index (χ3v) is 3.36. The summed E-state index contributed by atoms with van der Waals surface area (Å²) in [4.78, 5) is 11.9.